The van der Waals surface area contributed by atoms with E-state index in [2.05, 4.69) is 22.9 Å². The molecule has 0 aliphatic heterocycles. The first-order valence-corrected chi connectivity index (χ1v) is 6.32. The van der Waals surface area contributed by atoms with E-state index in [0.717, 1.165) is 12.7 Å². The van der Waals surface area contributed by atoms with E-state index in [1.807, 2.05) is 0 Å². The Morgan fingerprint density at radius 3 is 2.15 bits per heavy atom. The Labute approximate surface area is 90.4 Å². The minimum absolute atomic E-state index is 0.0862. The number of alkyl halides is 1. The monoisotopic (exact) mass is 248 g/mol. The van der Waals surface area contributed by atoms with E-state index in [-0.39, 0.29) is 4.83 Å². The van der Waals surface area contributed by atoms with Crippen LogP contribution in [-0.4, -0.2) is 11.1 Å². The molecule has 1 atom stereocenters. The van der Waals surface area contributed by atoms with E-state index >= 15 is 0 Å². The van der Waals surface area contributed by atoms with Crippen LogP contribution in [0.25, 0.3) is 0 Å². The first-order valence-electron chi connectivity index (χ1n) is 5.40. The molecule has 0 amide bonds. The van der Waals surface area contributed by atoms with Crippen molar-refractivity contribution in [3.8, 4) is 0 Å². The van der Waals surface area contributed by atoms with Crippen molar-refractivity contribution in [2.45, 2.75) is 63.1 Å². The van der Waals surface area contributed by atoms with E-state index in [1.54, 1.807) is 0 Å². The molecule has 1 nitrogen and oxygen atoms in total. The van der Waals surface area contributed by atoms with Crippen molar-refractivity contribution in [2.24, 2.45) is 0 Å². The van der Waals surface area contributed by atoms with Crippen LogP contribution in [0.15, 0.2) is 0 Å². The molecular weight excluding hydrogens is 228 g/mol. The number of hydrogen-bond donors (Lipinski definition) is 0. The van der Waals surface area contributed by atoms with Crippen LogP contribution in [0.1, 0.15) is 58.3 Å². The number of rotatable bonds is 9. The van der Waals surface area contributed by atoms with Gasteiger partial charge in [0.15, 0.2) is 0 Å². The Kier molecular flexibility index (Phi) is 10.4. The molecule has 0 saturated heterocycles. The summed E-state index contributed by atoms with van der Waals surface area (Å²) in [5.41, 5.74) is 0. The standard InChI is InChI=1S/C11H21BrO/c1-2-3-4-5-6-7-8-9-11(12)10-13/h10-11H,2-9H2,1H3. The van der Waals surface area contributed by atoms with Gasteiger partial charge in [0, 0.05) is 0 Å². The number of aldehydes is 1. The fraction of sp³-hybridized carbons (Fsp3) is 0.909. The van der Waals surface area contributed by atoms with Crippen LogP contribution in [0.5, 0.6) is 0 Å². The zero-order chi connectivity index (χ0) is 9.94. The lowest BCUT2D eigenvalue weighted by atomic mass is 10.1. The first kappa shape index (κ1) is 13.2. The second kappa shape index (κ2) is 10.2. The maximum atomic E-state index is 10.3. The molecule has 78 valence electrons. The number of hydrogen-bond acceptors (Lipinski definition) is 1. The molecule has 0 radical (unpaired) electrons. The minimum atomic E-state index is 0.0862. The highest BCUT2D eigenvalue weighted by molar-refractivity contribution is 9.09. The van der Waals surface area contributed by atoms with Crippen molar-refractivity contribution in [2.75, 3.05) is 0 Å². The second-order valence-corrected chi connectivity index (χ2v) is 4.74. The van der Waals surface area contributed by atoms with E-state index in [0.29, 0.717) is 0 Å². The SMILES string of the molecule is CCCCCCCCCC(Br)C=O. The van der Waals surface area contributed by atoms with Gasteiger partial charge in [-0.3, -0.25) is 0 Å². The van der Waals surface area contributed by atoms with Crippen molar-refractivity contribution in [1.29, 1.82) is 0 Å². The summed E-state index contributed by atoms with van der Waals surface area (Å²) in [5, 5.41) is 0. The summed E-state index contributed by atoms with van der Waals surface area (Å²) in [6.45, 7) is 2.24. The molecule has 0 fully saturated rings. The fourth-order valence-electron chi connectivity index (χ4n) is 1.36. The Morgan fingerprint density at radius 2 is 1.62 bits per heavy atom. The zero-order valence-corrected chi connectivity index (χ0v) is 10.2. The van der Waals surface area contributed by atoms with Crippen LogP contribution in [-0.2, 0) is 4.79 Å². The summed E-state index contributed by atoms with van der Waals surface area (Å²) < 4.78 is 0. The number of carbonyl (C=O) groups excluding carboxylic acids is 1. The maximum absolute atomic E-state index is 10.3. The third-order valence-electron chi connectivity index (χ3n) is 2.23. The highest BCUT2D eigenvalue weighted by Gasteiger charge is 1.99. The van der Waals surface area contributed by atoms with E-state index in [1.165, 1.54) is 44.9 Å². The van der Waals surface area contributed by atoms with Gasteiger partial charge in [0.25, 0.3) is 0 Å². The van der Waals surface area contributed by atoms with Crippen molar-refractivity contribution in [3.63, 3.8) is 0 Å². The number of halogens is 1. The Hall–Kier alpha value is 0.150. The van der Waals surface area contributed by atoms with Crippen LogP contribution >= 0.6 is 15.9 Å². The maximum Gasteiger partial charge on any atom is 0.133 e. The Morgan fingerprint density at radius 1 is 1.08 bits per heavy atom. The molecule has 0 bridgehead atoms. The molecule has 0 aliphatic carbocycles. The van der Waals surface area contributed by atoms with Gasteiger partial charge in [0.1, 0.15) is 6.29 Å². The smallest absolute Gasteiger partial charge is 0.133 e. The molecule has 0 aromatic carbocycles. The molecule has 0 aliphatic rings. The predicted octanol–water partition coefficient (Wildman–Crippen LogP) is 4.09. The summed E-state index contributed by atoms with van der Waals surface area (Å²) in [7, 11) is 0. The van der Waals surface area contributed by atoms with Crippen LogP contribution in [0.2, 0.25) is 0 Å². The van der Waals surface area contributed by atoms with Gasteiger partial charge in [-0.05, 0) is 6.42 Å². The number of carbonyl (C=O) groups is 1. The first-order chi connectivity index (χ1) is 6.31. The van der Waals surface area contributed by atoms with Crippen LogP contribution in [0, 0.1) is 0 Å². The van der Waals surface area contributed by atoms with Crippen LogP contribution < -0.4 is 0 Å². The molecule has 0 rings (SSSR count). The van der Waals surface area contributed by atoms with Gasteiger partial charge in [-0.15, -0.1) is 0 Å². The third-order valence-corrected chi connectivity index (χ3v) is 2.90. The topological polar surface area (TPSA) is 17.1 Å². The lowest BCUT2D eigenvalue weighted by Crippen LogP contribution is -1.97. The van der Waals surface area contributed by atoms with Gasteiger partial charge in [-0.1, -0.05) is 67.8 Å². The Balaban J connectivity index is 2.95. The zero-order valence-electron chi connectivity index (χ0n) is 8.60. The summed E-state index contributed by atoms with van der Waals surface area (Å²) in [6.07, 6.45) is 11.2. The van der Waals surface area contributed by atoms with Gasteiger partial charge in [-0.25, -0.2) is 0 Å². The molecule has 0 aromatic rings. The average Bonchev–Trinajstić information content (AvgIpc) is 2.16. The third kappa shape index (κ3) is 10.1. The van der Waals surface area contributed by atoms with Gasteiger partial charge >= 0.3 is 0 Å². The van der Waals surface area contributed by atoms with Gasteiger partial charge < -0.3 is 4.79 Å². The van der Waals surface area contributed by atoms with Crippen LogP contribution in [0.3, 0.4) is 0 Å². The highest BCUT2D eigenvalue weighted by Crippen LogP contribution is 2.11. The normalized spacial score (nSPS) is 12.8. The molecule has 0 heterocycles. The Bertz CT molecular complexity index is 115. The van der Waals surface area contributed by atoms with Crippen molar-refractivity contribution in [3.05, 3.63) is 0 Å². The molecular formula is C11H21BrO. The van der Waals surface area contributed by atoms with Crippen molar-refractivity contribution in [1.82, 2.24) is 0 Å². The molecule has 0 aromatic heterocycles. The number of unbranched alkanes of at least 4 members (excludes halogenated alkanes) is 6. The summed E-state index contributed by atoms with van der Waals surface area (Å²) in [6, 6.07) is 0. The van der Waals surface area contributed by atoms with E-state index in [4.69, 9.17) is 0 Å². The summed E-state index contributed by atoms with van der Waals surface area (Å²) >= 11 is 3.30. The quantitative estimate of drug-likeness (QED) is 0.341. The van der Waals surface area contributed by atoms with Gasteiger partial charge in [0.2, 0.25) is 0 Å². The lowest BCUT2D eigenvalue weighted by Gasteiger charge is -2.02. The minimum Gasteiger partial charge on any atom is -0.302 e. The van der Waals surface area contributed by atoms with Gasteiger partial charge in [-0.2, -0.15) is 0 Å². The molecule has 0 spiro atoms. The largest absolute Gasteiger partial charge is 0.302 e. The highest BCUT2D eigenvalue weighted by atomic mass is 79.9. The molecule has 0 N–H and O–H groups in total. The fourth-order valence-corrected chi connectivity index (χ4v) is 1.69. The average molecular weight is 249 g/mol. The molecule has 1 unspecified atom stereocenters. The van der Waals surface area contributed by atoms with Crippen molar-refractivity contribution < 1.29 is 4.79 Å². The second-order valence-electron chi connectivity index (χ2n) is 3.56. The van der Waals surface area contributed by atoms with Crippen LogP contribution in [0.4, 0.5) is 0 Å². The van der Waals surface area contributed by atoms with E-state index in [9.17, 15) is 4.79 Å². The van der Waals surface area contributed by atoms with Gasteiger partial charge in [0.05, 0.1) is 4.83 Å². The van der Waals surface area contributed by atoms with Crippen molar-refractivity contribution >= 4 is 22.2 Å². The molecule has 13 heavy (non-hydrogen) atoms. The summed E-state index contributed by atoms with van der Waals surface area (Å²) in [4.78, 5) is 10.3. The predicted molar refractivity (Wildman–Crippen MR) is 61.4 cm³/mol. The van der Waals surface area contributed by atoms with E-state index < -0.39 is 0 Å². The lowest BCUT2D eigenvalue weighted by molar-refractivity contribution is -0.107. The molecule has 2 heteroatoms. The summed E-state index contributed by atoms with van der Waals surface area (Å²) in [5.74, 6) is 0. The molecule has 0 saturated carbocycles.